The third kappa shape index (κ3) is 3.63. The number of benzene rings is 1. The zero-order chi connectivity index (χ0) is 18.3. The zero-order valence-electron chi connectivity index (χ0n) is 14.3. The summed E-state index contributed by atoms with van der Waals surface area (Å²) < 4.78 is 0. The molecule has 0 bridgehead atoms. The van der Waals surface area contributed by atoms with Crippen molar-refractivity contribution in [3.05, 3.63) is 41.1 Å². The number of carbonyl (C=O) groups excluding carboxylic acids is 3. The number of carbonyl (C=O) groups is 3. The van der Waals surface area contributed by atoms with Gasteiger partial charge in [-0.15, -0.1) is 11.8 Å². The van der Waals surface area contributed by atoms with Crippen LogP contribution >= 0.6 is 11.8 Å². The summed E-state index contributed by atoms with van der Waals surface area (Å²) in [6.07, 6.45) is 0. The number of hydrogen-bond acceptors (Lipinski definition) is 7. The Bertz CT molecular complexity index is 783. The number of aliphatic carboxylic acids is 1. The van der Waals surface area contributed by atoms with Crippen LogP contribution in [0.2, 0.25) is 0 Å². The number of carboxylic acids is 1. The van der Waals surface area contributed by atoms with Crippen LogP contribution in [0.1, 0.15) is 18.5 Å². The minimum absolute atomic E-state index is 0. The van der Waals surface area contributed by atoms with Gasteiger partial charge in [0.2, 0.25) is 5.91 Å². The fraction of sp³-hybridized carbons (Fsp3) is 0.312. The SMILES string of the molecule is CC1=C(C(=O)[O-])N2C(=O)[C@@H](NC(=O)C(N)c3ccc(O)cc3)[C@H]2SC1.[Na+]. The maximum absolute atomic E-state index is 12.3. The fourth-order valence-electron chi connectivity index (χ4n) is 2.84. The number of nitrogens with one attached hydrogen (secondary N) is 1. The maximum Gasteiger partial charge on any atom is 1.00 e. The second kappa shape index (κ2) is 8.01. The normalized spacial score (nSPS) is 22.7. The number of phenols is 1. The quantitative estimate of drug-likeness (QED) is 0.353. The molecule has 8 nitrogen and oxygen atoms in total. The fourth-order valence-corrected chi connectivity index (χ4v) is 4.13. The van der Waals surface area contributed by atoms with Gasteiger partial charge in [0.25, 0.3) is 5.91 Å². The predicted molar refractivity (Wildman–Crippen MR) is 87.8 cm³/mol. The molecule has 0 radical (unpaired) electrons. The minimum atomic E-state index is -1.40. The Balaban J connectivity index is 0.00000243. The number of nitrogens with two attached hydrogens (primary N) is 1. The van der Waals surface area contributed by atoms with E-state index in [1.54, 1.807) is 6.92 Å². The Hall–Kier alpha value is -1.52. The first kappa shape index (κ1) is 20.8. The van der Waals surface area contributed by atoms with Crippen molar-refractivity contribution in [2.24, 2.45) is 5.73 Å². The molecule has 0 aromatic heterocycles. The van der Waals surface area contributed by atoms with E-state index in [1.165, 1.54) is 36.0 Å². The molecule has 3 rings (SSSR count). The Labute approximate surface area is 176 Å². The molecule has 2 amide bonds. The van der Waals surface area contributed by atoms with E-state index in [1.807, 2.05) is 0 Å². The Kier molecular flexibility index (Phi) is 6.41. The van der Waals surface area contributed by atoms with Crippen LogP contribution in [0.4, 0.5) is 0 Å². The third-order valence-electron chi connectivity index (χ3n) is 4.18. The first-order valence-electron chi connectivity index (χ1n) is 7.52. The third-order valence-corrected chi connectivity index (χ3v) is 5.61. The van der Waals surface area contributed by atoms with E-state index in [0.29, 0.717) is 16.9 Å². The standard InChI is InChI=1S/C16H17N3O5S.Na/c1-7-6-25-15-11(14(22)19(15)12(7)16(23)24)18-13(21)10(17)8-2-4-9(20)5-3-8;/h2-5,10-11,15,20H,6,17H2,1H3,(H,18,21)(H,23,24);/q;+1/p-1/t10?,11-,15-;/m1./s1. The summed E-state index contributed by atoms with van der Waals surface area (Å²) in [5.41, 5.74) is 6.81. The first-order valence-corrected chi connectivity index (χ1v) is 8.56. The van der Waals surface area contributed by atoms with E-state index in [9.17, 15) is 24.6 Å². The van der Waals surface area contributed by atoms with Gasteiger partial charge < -0.3 is 26.1 Å². The summed E-state index contributed by atoms with van der Waals surface area (Å²) in [4.78, 5) is 37.0. The molecule has 2 aliphatic rings. The topological polar surface area (TPSA) is 136 Å². The number of hydrogen-bond donors (Lipinski definition) is 3. The predicted octanol–water partition coefficient (Wildman–Crippen LogP) is -4.18. The molecule has 0 spiro atoms. The first-order chi connectivity index (χ1) is 11.8. The molecule has 10 heteroatoms. The van der Waals surface area contributed by atoms with Gasteiger partial charge >= 0.3 is 29.6 Å². The molecule has 2 aliphatic heterocycles. The van der Waals surface area contributed by atoms with Gasteiger partial charge in [0, 0.05) is 5.75 Å². The van der Waals surface area contributed by atoms with Gasteiger partial charge in [-0.2, -0.15) is 0 Å². The number of carboxylic acid groups (broad SMARTS) is 1. The molecular weight excluding hydrogens is 369 g/mol. The Morgan fingerprint density at radius 1 is 1.38 bits per heavy atom. The number of phenolic OH excluding ortho intramolecular Hbond substituents is 1. The molecule has 3 atom stereocenters. The van der Waals surface area contributed by atoms with Crippen molar-refractivity contribution in [1.82, 2.24) is 10.2 Å². The van der Waals surface area contributed by atoms with Crippen LogP contribution < -0.4 is 45.7 Å². The second-order valence-corrected chi connectivity index (χ2v) is 6.99. The molecule has 26 heavy (non-hydrogen) atoms. The average Bonchev–Trinajstić information content (AvgIpc) is 2.58. The summed E-state index contributed by atoms with van der Waals surface area (Å²) >= 11 is 1.37. The molecule has 1 aromatic carbocycles. The molecule has 0 aliphatic carbocycles. The van der Waals surface area contributed by atoms with Crippen molar-refractivity contribution >= 4 is 29.5 Å². The van der Waals surface area contributed by atoms with Crippen LogP contribution in [0.5, 0.6) is 5.75 Å². The largest absolute Gasteiger partial charge is 1.00 e. The molecule has 2 heterocycles. The van der Waals surface area contributed by atoms with Gasteiger partial charge in [-0.05, 0) is 30.2 Å². The van der Waals surface area contributed by atoms with Crippen molar-refractivity contribution in [2.45, 2.75) is 24.4 Å². The van der Waals surface area contributed by atoms with Gasteiger partial charge in [0.15, 0.2) is 0 Å². The maximum atomic E-state index is 12.3. The van der Waals surface area contributed by atoms with Crippen LogP contribution in [0.15, 0.2) is 35.5 Å². The molecule has 1 fully saturated rings. The Morgan fingerprint density at radius 2 is 2.00 bits per heavy atom. The van der Waals surface area contributed by atoms with Gasteiger partial charge in [-0.1, -0.05) is 12.1 Å². The summed E-state index contributed by atoms with van der Waals surface area (Å²) in [5.74, 6) is -1.96. The zero-order valence-corrected chi connectivity index (χ0v) is 17.1. The number of nitrogens with zero attached hydrogens (tertiary/aromatic N) is 1. The summed E-state index contributed by atoms with van der Waals surface area (Å²) in [6.45, 7) is 1.63. The van der Waals surface area contributed by atoms with E-state index in [2.05, 4.69) is 5.32 Å². The Morgan fingerprint density at radius 3 is 2.58 bits per heavy atom. The number of thioether (sulfide) groups is 1. The van der Waals surface area contributed by atoms with Gasteiger partial charge in [-0.3, -0.25) is 14.5 Å². The van der Waals surface area contributed by atoms with Crippen LogP contribution in [0.25, 0.3) is 0 Å². The van der Waals surface area contributed by atoms with E-state index >= 15 is 0 Å². The van der Waals surface area contributed by atoms with Crippen LogP contribution in [-0.4, -0.2) is 45.0 Å². The second-order valence-electron chi connectivity index (χ2n) is 5.88. The van der Waals surface area contributed by atoms with E-state index in [-0.39, 0.29) is 41.0 Å². The summed E-state index contributed by atoms with van der Waals surface area (Å²) in [7, 11) is 0. The van der Waals surface area contributed by atoms with Crippen molar-refractivity contribution in [3.63, 3.8) is 0 Å². The van der Waals surface area contributed by atoms with Crippen LogP contribution in [0.3, 0.4) is 0 Å². The van der Waals surface area contributed by atoms with Crippen molar-refractivity contribution in [2.75, 3.05) is 5.75 Å². The number of fused-ring (bicyclic) bond motifs is 1. The molecule has 0 saturated carbocycles. The average molecular weight is 385 g/mol. The van der Waals surface area contributed by atoms with E-state index in [0.717, 1.165) is 4.90 Å². The molecule has 4 N–H and O–H groups in total. The van der Waals surface area contributed by atoms with Crippen molar-refractivity contribution < 1.29 is 54.2 Å². The molecule has 1 unspecified atom stereocenters. The van der Waals surface area contributed by atoms with Crippen molar-refractivity contribution in [3.8, 4) is 5.75 Å². The van der Waals surface area contributed by atoms with Gasteiger partial charge in [0.1, 0.15) is 23.2 Å². The van der Waals surface area contributed by atoms with E-state index in [4.69, 9.17) is 5.73 Å². The number of amides is 2. The molecule has 1 saturated heterocycles. The van der Waals surface area contributed by atoms with Gasteiger partial charge in [-0.25, -0.2) is 0 Å². The van der Waals surface area contributed by atoms with Crippen LogP contribution in [0, 0.1) is 0 Å². The summed E-state index contributed by atoms with van der Waals surface area (Å²) in [5, 5.41) is 22.6. The van der Waals surface area contributed by atoms with Crippen molar-refractivity contribution in [1.29, 1.82) is 0 Å². The number of aromatic hydroxyl groups is 1. The molecular formula is C16H16N3NaO5S. The molecule has 1 aromatic rings. The number of rotatable bonds is 4. The molecule has 132 valence electrons. The summed E-state index contributed by atoms with van der Waals surface area (Å²) in [6, 6.07) is 4.02. The number of β-lactam (4-membered cyclic amide) rings is 1. The minimum Gasteiger partial charge on any atom is -0.543 e. The smallest absolute Gasteiger partial charge is 0.543 e. The monoisotopic (exact) mass is 385 g/mol. The van der Waals surface area contributed by atoms with E-state index < -0.39 is 35.2 Å². The van der Waals surface area contributed by atoms with Crippen LogP contribution in [-0.2, 0) is 14.4 Å². The van der Waals surface area contributed by atoms with Gasteiger partial charge in [0.05, 0.1) is 11.7 Å².